The molecule has 1 aromatic carbocycles. The molecule has 0 unspecified atom stereocenters. The maximum Gasteiger partial charge on any atom is 0.278 e. The van der Waals surface area contributed by atoms with Crippen LogP contribution in [0.25, 0.3) is 11.5 Å². The Balaban J connectivity index is 1.85. The molecule has 1 atom stereocenters. The summed E-state index contributed by atoms with van der Waals surface area (Å²) in [7, 11) is 0. The minimum absolute atomic E-state index is 0.226. The number of fused-ring (bicyclic) bond motifs is 1. The van der Waals surface area contributed by atoms with Crippen molar-refractivity contribution in [2.24, 2.45) is 0 Å². The smallest absolute Gasteiger partial charge is 0.278 e. The predicted molar refractivity (Wildman–Crippen MR) is 66.8 cm³/mol. The van der Waals surface area contributed by atoms with E-state index in [9.17, 15) is 0 Å². The van der Waals surface area contributed by atoms with Crippen molar-refractivity contribution in [3.63, 3.8) is 0 Å². The van der Waals surface area contributed by atoms with Gasteiger partial charge in [-0.25, -0.2) is 0 Å². The topological polar surface area (TPSA) is 81.2 Å². The lowest BCUT2D eigenvalue weighted by Crippen LogP contribution is -1.92. The van der Waals surface area contributed by atoms with Crippen LogP contribution in [0, 0.1) is 11.3 Å². The molecule has 0 saturated carbocycles. The van der Waals surface area contributed by atoms with Crippen molar-refractivity contribution in [1.29, 1.82) is 5.26 Å². The van der Waals surface area contributed by atoms with Gasteiger partial charge in [-0.05, 0) is 36.9 Å². The summed E-state index contributed by atoms with van der Waals surface area (Å²) in [5.74, 6) is 1.76. The summed E-state index contributed by atoms with van der Waals surface area (Å²) in [6.45, 7) is 2.00. The van der Waals surface area contributed by atoms with Crippen LogP contribution in [0.1, 0.15) is 6.92 Å². The summed E-state index contributed by atoms with van der Waals surface area (Å²) >= 11 is 1.23. The Kier molecular flexibility index (Phi) is 3.01. The van der Waals surface area contributed by atoms with Gasteiger partial charge in [0.05, 0.1) is 11.3 Å². The summed E-state index contributed by atoms with van der Waals surface area (Å²) in [5.41, 5.74) is 0.758. The standard InChI is InChI=1S/C12H9N3O3S/c1-7(5-13)19-12-15-14-11(18-12)8-2-3-9-10(4-8)17-6-16-9/h2-4,7H,6H2,1H3/t7-/m0/s1. The maximum atomic E-state index is 8.73. The molecule has 0 saturated heterocycles. The Labute approximate surface area is 113 Å². The van der Waals surface area contributed by atoms with Crippen LogP contribution in [0.2, 0.25) is 0 Å². The molecule has 0 fully saturated rings. The average Bonchev–Trinajstić information content (AvgIpc) is 3.05. The van der Waals surface area contributed by atoms with E-state index in [1.807, 2.05) is 6.07 Å². The van der Waals surface area contributed by atoms with Gasteiger partial charge in [-0.1, -0.05) is 0 Å². The van der Waals surface area contributed by atoms with Gasteiger partial charge in [0.25, 0.3) is 5.22 Å². The van der Waals surface area contributed by atoms with Crippen LogP contribution in [-0.2, 0) is 0 Å². The molecule has 0 bridgehead atoms. The largest absolute Gasteiger partial charge is 0.454 e. The summed E-state index contributed by atoms with van der Waals surface area (Å²) < 4.78 is 16.0. The van der Waals surface area contributed by atoms with E-state index in [4.69, 9.17) is 19.2 Å². The summed E-state index contributed by atoms with van der Waals surface area (Å²) in [5, 5.41) is 16.7. The average molecular weight is 275 g/mol. The number of nitriles is 1. The Morgan fingerprint density at radius 2 is 2.16 bits per heavy atom. The lowest BCUT2D eigenvalue weighted by molar-refractivity contribution is 0.174. The highest BCUT2D eigenvalue weighted by atomic mass is 32.2. The molecule has 0 amide bonds. The van der Waals surface area contributed by atoms with Crippen molar-refractivity contribution in [2.75, 3.05) is 6.79 Å². The fourth-order valence-electron chi connectivity index (χ4n) is 1.58. The lowest BCUT2D eigenvalue weighted by Gasteiger charge is -1.98. The van der Waals surface area contributed by atoms with Crippen LogP contribution in [0.5, 0.6) is 11.5 Å². The van der Waals surface area contributed by atoms with Crippen molar-refractivity contribution in [3.8, 4) is 29.0 Å². The monoisotopic (exact) mass is 275 g/mol. The fourth-order valence-corrected chi connectivity index (χ4v) is 2.15. The zero-order chi connectivity index (χ0) is 13.2. The second-order valence-corrected chi connectivity index (χ2v) is 5.12. The maximum absolute atomic E-state index is 8.73. The van der Waals surface area contributed by atoms with Gasteiger partial charge in [-0.3, -0.25) is 0 Å². The normalized spacial score (nSPS) is 14.1. The zero-order valence-electron chi connectivity index (χ0n) is 9.99. The number of hydrogen-bond acceptors (Lipinski definition) is 7. The van der Waals surface area contributed by atoms with Gasteiger partial charge in [0.2, 0.25) is 12.7 Å². The first-order valence-corrected chi connectivity index (χ1v) is 6.44. The number of rotatable bonds is 3. The number of hydrogen-bond donors (Lipinski definition) is 0. The Bertz CT molecular complexity index is 650. The second kappa shape index (κ2) is 4.82. The molecule has 0 spiro atoms. The molecular formula is C12H9N3O3S. The third-order valence-corrected chi connectivity index (χ3v) is 3.31. The van der Waals surface area contributed by atoms with Gasteiger partial charge in [0.1, 0.15) is 0 Å². The van der Waals surface area contributed by atoms with E-state index in [2.05, 4.69) is 16.3 Å². The highest BCUT2D eigenvalue weighted by molar-refractivity contribution is 7.99. The Morgan fingerprint density at radius 1 is 1.32 bits per heavy atom. The molecule has 6 nitrogen and oxygen atoms in total. The van der Waals surface area contributed by atoms with Gasteiger partial charge in [0, 0.05) is 5.56 Å². The first-order chi connectivity index (χ1) is 9.26. The molecular weight excluding hydrogens is 266 g/mol. The fraction of sp³-hybridized carbons (Fsp3) is 0.250. The van der Waals surface area contributed by atoms with Gasteiger partial charge < -0.3 is 13.9 Å². The number of ether oxygens (including phenoxy) is 2. The summed E-state index contributed by atoms with van der Waals surface area (Å²) in [6.07, 6.45) is 0. The van der Waals surface area contributed by atoms with E-state index in [0.29, 0.717) is 22.6 Å². The van der Waals surface area contributed by atoms with Gasteiger partial charge in [0.15, 0.2) is 11.5 Å². The molecule has 2 aromatic rings. The first-order valence-electron chi connectivity index (χ1n) is 5.56. The lowest BCUT2D eigenvalue weighted by atomic mass is 10.2. The molecule has 1 aliphatic heterocycles. The highest BCUT2D eigenvalue weighted by Crippen LogP contribution is 2.36. The van der Waals surface area contributed by atoms with Crippen LogP contribution >= 0.6 is 11.8 Å². The number of nitrogens with zero attached hydrogens (tertiary/aromatic N) is 3. The first kappa shape index (κ1) is 11.9. The number of aromatic nitrogens is 2. The Hall–Kier alpha value is -2.20. The molecule has 1 aliphatic rings. The minimum Gasteiger partial charge on any atom is -0.454 e. The summed E-state index contributed by atoms with van der Waals surface area (Å²) in [6, 6.07) is 7.51. The number of benzene rings is 1. The summed E-state index contributed by atoms with van der Waals surface area (Å²) in [4.78, 5) is 0. The quantitative estimate of drug-likeness (QED) is 0.796. The SMILES string of the molecule is C[C@@H](C#N)Sc1nnc(-c2ccc3c(c2)OCO3)o1. The van der Waals surface area contributed by atoms with Crippen molar-refractivity contribution >= 4 is 11.8 Å². The number of thioether (sulfide) groups is 1. The molecule has 96 valence electrons. The van der Waals surface area contributed by atoms with Crippen molar-refractivity contribution in [1.82, 2.24) is 10.2 Å². The molecule has 1 aromatic heterocycles. The molecule has 3 rings (SSSR count). The zero-order valence-corrected chi connectivity index (χ0v) is 10.8. The van der Waals surface area contributed by atoms with Crippen LogP contribution < -0.4 is 9.47 Å². The second-order valence-electron chi connectivity index (χ2n) is 3.83. The highest BCUT2D eigenvalue weighted by Gasteiger charge is 2.17. The minimum atomic E-state index is -0.231. The van der Waals surface area contributed by atoms with Crippen LogP contribution in [0.4, 0.5) is 0 Å². The van der Waals surface area contributed by atoms with Crippen molar-refractivity contribution in [3.05, 3.63) is 18.2 Å². The van der Waals surface area contributed by atoms with Gasteiger partial charge >= 0.3 is 0 Å². The molecule has 7 heteroatoms. The molecule has 2 heterocycles. The van der Waals surface area contributed by atoms with E-state index in [1.165, 1.54) is 11.8 Å². The molecule has 19 heavy (non-hydrogen) atoms. The van der Waals surface area contributed by atoms with E-state index < -0.39 is 0 Å². The van der Waals surface area contributed by atoms with E-state index >= 15 is 0 Å². The van der Waals surface area contributed by atoms with Crippen molar-refractivity contribution in [2.45, 2.75) is 17.4 Å². The van der Waals surface area contributed by atoms with Gasteiger partial charge in [-0.15, -0.1) is 10.2 Å². The van der Waals surface area contributed by atoms with E-state index in [-0.39, 0.29) is 12.0 Å². The molecule has 0 N–H and O–H groups in total. The van der Waals surface area contributed by atoms with Gasteiger partial charge in [-0.2, -0.15) is 5.26 Å². The van der Waals surface area contributed by atoms with Crippen LogP contribution in [-0.4, -0.2) is 22.2 Å². The third kappa shape index (κ3) is 2.35. The predicted octanol–water partition coefficient (Wildman–Crippen LogP) is 2.47. The van der Waals surface area contributed by atoms with Crippen LogP contribution in [0.15, 0.2) is 27.8 Å². The Morgan fingerprint density at radius 3 is 3.00 bits per heavy atom. The van der Waals surface area contributed by atoms with E-state index in [0.717, 1.165) is 5.56 Å². The molecule has 0 radical (unpaired) electrons. The van der Waals surface area contributed by atoms with Crippen molar-refractivity contribution < 1.29 is 13.9 Å². The van der Waals surface area contributed by atoms with E-state index in [1.54, 1.807) is 19.1 Å². The third-order valence-electron chi connectivity index (χ3n) is 2.49. The van der Waals surface area contributed by atoms with Crippen LogP contribution in [0.3, 0.4) is 0 Å². The molecule has 0 aliphatic carbocycles.